The lowest BCUT2D eigenvalue weighted by Crippen LogP contribution is -2.00. The highest BCUT2D eigenvalue weighted by Crippen LogP contribution is 2.40. The van der Waals surface area contributed by atoms with Gasteiger partial charge in [0.25, 0.3) is 0 Å². The van der Waals surface area contributed by atoms with Gasteiger partial charge in [-0.15, -0.1) is 0 Å². The van der Waals surface area contributed by atoms with Crippen molar-refractivity contribution in [3.8, 4) is 11.1 Å². The molecule has 4 rings (SSSR count). The standard InChI is InChI=1S/C22H17Cl2NO3/c1-11-4-7-17(12(2)8-11)25-21-19(14-5-6-15(23)16(24)10-14)20-18(28-21)9-13(3)27-22(20)26/h4-10,25H,1-3H3. The second kappa shape index (κ2) is 7.04. The molecule has 0 saturated carbocycles. The van der Waals surface area contributed by atoms with Crippen molar-refractivity contribution in [3.63, 3.8) is 0 Å². The molecular weight excluding hydrogens is 397 g/mol. The third-order valence-corrected chi connectivity index (χ3v) is 5.31. The minimum absolute atomic E-state index is 0.358. The molecule has 0 aliphatic heterocycles. The first-order valence-electron chi connectivity index (χ1n) is 8.70. The van der Waals surface area contributed by atoms with Crippen LogP contribution in [0.3, 0.4) is 0 Å². The van der Waals surface area contributed by atoms with Crippen LogP contribution in [0, 0.1) is 20.8 Å². The number of rotatable bonds is 3. The summed E-state index contributed by atoms with van der Waals surface area (Å²) in [6.07, 6.45) is 0. The van der Waals surface area contributed by atoms with E-state index in [1.165, 1.54) is 0 Å². The molecule has 6 heteroatoms. The van der Waals surface area contributed by atoms with Gasteiger partial charge in [0.2, 0.25) is 5.88 Å². The Kier molecular flexibility index (Phi) is 4.69. The summed E-state index contributed by atoms with van der Waals surface area (Å²) >= 11 is 12.3. The molecule has 142 valence electrons. The minimum Gasteiger partial charge on any atom is -0.439 e. The van der Waals surface area contributed by atoms with Crippen LogP contribution in [0.1, 0.15) is 16.9 Å². The summed E-state index contributed by atoms with van der Waals surface area (Å²) in [5, 5.41) is 4.50. The van der Waals surface area contributed by atoms with Crippen molar-refractivity contribution in [3.05, 3.63) is 79.8 Å². The van der Waals surface area contributed by atoms with Gasteiger partial charge in [-0.1, -0.05) is 47.0 Å². The molecule has 0 amide bonds. The summed E-state index contributed by atoms with van der Waals surface area (Å²) < 4.78 is 11.3. The first-order chi connectivity index (χ1) is 13.3. The number of halogens is 2. The highest BCUT2D eigenvalue weighted by molar-refractivity contribution is 6.42. The van der Waals surface area contributed by atoms with Gasteiger partial charge in [0.05, 0.1) is 15.6 Å². The van der Waals surface area contributed by atoms with Gasteiger partial charge in [0.1, 0.15) is 16.7 Å². The summed E-state index contributed by atoms with van der Waals surface area (Å²) in [5.74, 6) is 0.920. The van der Waals surface area contributed by atoms with Gasteiger partial charge in [-0.25, -0.2) is 4.79 Å². The highest BCUT2D eigenvalue weighted by Gasteiger charge is 2.21. The van der Waals surface area contributed by atoms with Gasteiger partial charge in [0, 0.05) is 11.8 Å². The Bertz CT molecular complexity index is 1270. The fourth-order valence-corrected chi connectivity index (χ4v) is 3.55. The quantitative estimate of drug-likeness (QED) is 0.391. The van der Waals surface area contributed by atoms with E-state index >= 15 is 0 Å². The maximum absolute atomic E-state index is 12.6. The number of furan rings is 1. The van der Waals surface area contributed by atoms with Crippen LogP contribution in [0.15, 0.2) is 56.1 Å². The zero-order chi connectivity index (χ0) is 20.0. The van der Waals surface area contributed by atoms with Crippen LogP contribution in [0.2, 0.25) is 10.0 Å². The molecule has 0 unspecified atom stereocenters. The molecule has 0 aliphatic rings. The van der Waals surface area contributed by atoms with Crippen molar-refractivity contribution < 1.29 is 8.83 Å². The SMILES string of the molecule is Cc1ccc(Nc2oc3cc(C)oc(=O)c3c2-c2ccc(Cl)c(Cl)c2)c(C)c1. The van der Waals surface area contributed by atoms with Gasteiger partial charge in [-0.2, -0.15) is 0 Å². The molecule has 2 heterocycles. The number of benzene rings is 2. The van der Waals surface area contributed by atoms with Crippen LogP contribution in [0.4, 0.5) is 11.6 Å². The third kappa shape index (κ3) is 3.30. The van der Waals surface area contributed by atoms with Crippen molar-refractivity contribution in [2.24, 2.45) is 0 Å². The first-order valence-corrected chi connectivity index (χ1v) is 9.46. The first kappa shape index (κ1) is 18.7. The number of anilines is 2. The summed E-state index contributed by atoms with van der Waals surface area (Å²) in [6, 6.07) is 13.0. The second-order valence-electron chi connectivity index (χ2n) is 6.76. The van der Waals surface area contributed by atoms with Crippen molar-refractivity contribution >= 4 is 45.7 Å². The van der Waals surface area contributed by atoms with Crippen LogP contribution < -0.4 is 10.9 Å². The molecule has 4 aromatic rings. The number of hydrogen-bond acceptors (Lipinski definition) is 4. The lowest BCUT2D eigenvalue weighted by atomic mass is 10.0. The zero-order valence-electron chi connectivity index (χ0n) is 15.5. The van der Waals surface area contributed by atoms with E-state index in [0.717, 1.165) is 16.8 Å². The van der Waals surface area contributed by atoms with Gasteiger partial charge in [-0.05, 0) is 50.1 Å². The second-order valence-corrected chi connectivity index (χ2v) is 7.58. The van der Waals surface area contributed by atoms with Gasteiger partial charge in [-0.3, -0.25) is 0 Å². The van der Waals surface area contributed by atoms with Crippen LogP contribution in [-0.2, 0) is 0 Å². The Morgan fingerprint density at radius 3 is 2.39 bits per heavy atom. The molecule has 0 saturated heterocycles. The molecule has 0 atom stereocenters. The molecule has 0 fully saturated rings. The molecule has 28 heavy (non-hydrogen) atoms. The smallest absolute Gasteiger partial charge is 0.347 e. The van der Waals surface area contributed by atoms with E-state index in [1.54, 1.807) is 31.2 Å². The summed E-state index contributed by atoms with van der Waals surface area (Å²) in [7, 11) is 0. The predicted molar refractivity (Wildman–Crippen MR) is 114 cm³/mol. The van der Waals surface area contributed by atoms with E-state index in [1.807, 2.05) is 26.0 Å². The average Bonchev–Trinajstić information content (AvgIpc) is 2.98. The maximum Gasteiger partial charge on any atom is 0.347 e. The Balaban J connectivity index is 1.98. The molecule has 2 aromatic carbocycles. The monoisotopic (exact) mass is 413 g/mol. The lowest BCUT2D eigenvalue weighted by molar-refractivity contribution is 0.485. The van der Waals surface area contributed by atoms with E-state index in [-0.39, 0.29) is 0 Å². The number of nitrogens with one attached hydrogen (secondary N) is 1. The molecule has 4 nitrogen and oxygen atoms in total. The Labute approximate surface area is 171 Å². The predicted octanol–water partition coefficient (Wildman–Crippen LogP) is 7.03. The third-order valence-electron chi connectivity index (χ3n) is 4.57. The zero-order valence-corrected chi connectivity index (χ0v) is 17.0. The van der Waals surface area contributed by atoms with E-state index in [0.29, 0.717) is 43.8 Å². The van der Waals surface area contributed by atoms with Crippen LogP contribution in [0.5, 0.6) is 0 Å². The van der Waals surface area contributed by atoms with Crippen molar-refractivity contribution in [1.82, 2.24) is 0 Å². The normalized spacial score (nSPS) is 11.2. The highest BCUT2D eigenvalue weighted by atomic mass is 35.5. The fourth-order valence-electron chi connectivity index (χ4n) is 3.26. The molecule has 0 spiro atoms. The fraction of sp³-hybridized carbons (Fsp3) is 0.136. The maximum atomic E-state index is 12.6. The van der Waals surface area contributed by atoms with E-state index in [4.69, 9.17) is 32.0 Å². The summed E-state index contributed by atoms with van der Waals surface area (Å²) in [4.78, 5) is 12.6. The van der Waals surface area contributed by atoms with E-state index < -0.39 is 5.63 Å². The summed E-state index contributed by atoms with van der Waals surface area (Å²) in [5.41, 5.74) is 4.37. The largest absolute Gasteiger partial charge is 0.439 e. The topological polar surface area (TPSA) is 55.4 Å². The van der Waals surface area contributed by atoms with Crippen LogP contribution >= 0.6 is 23.2 Å². The molecule has 0 bridgehead atoms. The Morgan fingerprint density at radius 1 is 0.893 bits per heavy atom. The molecule has 0 radical (unpaired) electrons. The van der Waals surface area contributed by atoms with Crippen molar-refractivity contribution in [2.75, 3.05) is 5.32 Å². The lowest BCUT2D eigenvalue weighted by Gasteiger charge is -2.10. The van der Waals surface area contributed by atoms with Gasteiger partial charge in [0.15, 0.2) is 0 Å². The van der Waals surface area contributed by atoms with E-state index in [2.05, 4.69) is 11.4 Å². The van der Waals surface area contributed by atoms with Crippen LogP contribution in [0.25, 0.3) is 22.1 Å². The summed E-state index contributed by atoms with van der Waals surface area (Å²) in [6.45, 7) is 5.75. The van der Waals surface area contributed by atoms with E-state index in [9.17, 15) is 4.79 Å². The molecular formula is C22H17Cl2NO3. The average molecular weight is 414 g/mol. The molecule has 2 aromatic heterocycles. The molecule has 0 aliphatic carbocycles. The van der Waals surface area contributed by atoms with Crippen molar-refractivity contribution in [2.45, 2.75) is 20.8 Å². The Morgan fingerprint density at radius 2 is 1.68 bits per heavy atom. The van der Waals surface area contributed by atoms with Gasteiger partial charge < -0.3 is 14.2 Å². The minimum atomic E-state index is -0.464. The number of aryl methyl sites for hydroxylation is 3. The number of hydrogen-bond donors (Lipinski definition) is 1. The Hall–Kier alpha value is -2.69. The number of fused-ring (bicyclic) bond motifs is 1. The molecule has 1 N–H and O–H groups in total. The van der Waals surface area contributed by atoms with Crippen LogP contribution in [-0.4, -0.2) is 0 Å². The van der Waals surface area contributed by atoms with Crippen molar-refractivity contribution in [1.29, 1.82) is 0 Å². The van der Waals surface area contributed by atoms with Gasteiger partial charge >= 0.3 is 5.63 Å².